The number of aryl methyl sites for hydroxylation is 1. The van der Waals surface area contributed by atoms with E-state index >= 15 is 0 Å². The van der Waals surface area contributed by atoms with Gasteiger partial charge in [-0.25, -0.2) is 4.79 Å². The predicted octanol–water partition coefficient (Wildman–Crippen LogP) is 2.39. The van der Waals surface area contributed by atoms with Crippen LogP contribution in [0, 0.1) is 23.0 Å². The standard InChI is InChI=1S/C12H15NO5/c1-7(2)10(12(14)15)18-11-8(3)5-4-6-9(11)13(16)17/h4-7,10H,1-3H3,(H,14,15). The number of carboxylic acid groups (broad SMARTS) is 1. The maximum Gasteiger partial charge on any atom is 0.345 e. The summed E-state index contributed by atoms with van der Waals surface area (Å²) in [5.41, 5.74) is 0.318. The number of nitro benzene ring substituents is 1. The zero-order chi connectivity index (χ0) is 13.9. The summed E-state index contributed by atoms with van der Waals surface area (Å²) in [7, 11) is 0. The van der Waals surface area contributed by atoms with Crippen molar-refractivity contribution in [2.24, 2.45) is 5.92 Å². The highest BCUT2D eigenvalue weighted by molar-refractivity contribution is 5.73. The fraction of sp³-hybridized carbons (Fsp3) is 0.417. The normalized spacial score (nSPS) is 12.2. The number of carbonyl (C=O) groups is 1. The van der Waals surface area contributed by atoms with Gasteiger partial charge in [0.1, 0.15) is 0 Å². The Morgan fingerprint density at radius 2 is 2.06 bits per heavy atom. The van der Waals surface area contributed by atoms with Crippen LogP contribution < -0.4 is 4.74 Å². The van der Waals surface area contributed by atoms with Crippen LogP contribution in [-0.2, 0) is 4.79 Å². The molecule has 0 heterocycles. The molecule has 0 aliphatic heterocycles. The van der Waals surface area contributed by atoms with Crippen molar-refractivity contribution in [3.8, 4) is 5.75 Å². The molecule has 6 heteroatoms. The maximum absolute atomic E-state index is 11.0. The van der Waals surface area contributed by atoms with Gasteiger partial charge in [0, 0.05) is 12.0 Å². The van der Waals surface area contributed by atoms with Crippen LogP contribution in [0.4, 0.5) is 5.69 Å². The van der Waals surface area contributed by atoms with Gasteiger partial charge in [-0.3, -0.25) is 10.1 Å². The molecule has 0 amide bonds. The third-order valence-electron chi connectivity index (χ3n) is 2.48. The van der Waals surface area contributed by atoms with Crippen LogP contribution in [0.15, 0.2) is 18.2 Å². The topological polar surface area (TPSA) is 89.7 Å². The highest BCUT2D eigenvalue weighted by atomic mass is 16.6. The minimum Gasteiger partial charge on any atom is -0.478 e. The molecule has 6 nitrogen and oxygen atoms in total. The number of para-hydroxylation sites is 1. The lowest BCUT2D eigenvalue weighted by Gasteiger charge is -2.19. The quantitative estimate of drug-likeness (QED) is 0.642. The number of nitro groups is 1. The van der Waals surface area contributed by atoms with Gasteiger partial charge in [0.15, 0.2) is 6.10 Å². The molecule has 0 saturated heterocycles. The van der Waals surface area contributed by atoms with E-state index in [1.165, 1.54) is 12.1 Å². The molecule has 0 aliphatic rings. The van der Waals surface area contributed by atoms with E-state index in [0.29, 0.717) is 5.56 Å². The number of rotatable bonds is 5. The number of hydrogen-bond donors (Lipinski definition) is 1. The number of benzene rings is 1. The van der Waals surface area contributed by atoms with Crippen molar-refractivity contribution in [1.29, 1.82) is 0 Å². The number of aliphatic carboxylic acids is 1. The Balaban J connectivity index is 3.16. The third kappa shape index (κ3) is 2.97. The molecule has 0 aromatic heterocycles. The molecule has 98 valence electrons. The van der Waals surface area contributed by atoms with Crippen molar-refractivity contribution < 1.29 is 19.6 Å². The first-order valence-corrected chi connectivity index (χ1v) is 5.48. The van der Waals surface area contributed by atoms with Crippen LogP contribution in [-0.4, -0.2) is 22.1 Å². The van der Waals surface area contributed by atoms with Gasteiger partial charge in [-0.15, -0.1) is 0 Å². The van der Waals surface area contributed by atoms with Gasteiger partial charge in [-0.2, -0.15) is 0 Å². The number of hydrogen-bond acceptors (Lipinski definition) is 4. The Morgan fingerprint density at radius 3 is 2.50 bits per heavy atom. The molecule has 0 fully saturated rings. The summed E-state index contributed by atoms with van der Waals surface area (Å²) in [6, 6.07) is 4.47. The average molecular weight is 253 g/mol. The molecule has 1 rings (SSSR count). The Kier molecular flexibility index (Phi) is 4.25. The Bertz CT molecular complexity index is 470. The second-order valence-corrected chi connectivity index (χ2v) is 4.30. The van der Waals surface area contributed by atoms with Crippen LogP contribution in [0.25, 0.3) is 0 Å². The van der Waals surface area contributed by atoms with Gasteiger partial charge in [0.25, 0.3) is 0 Å². The van der Waals surface area contributed by atoms with E-state index in [-0.39, 0.29) is 17.4 Å². The highest BCUT2D eigenvalue weighted by Crippen LogP contribution is 2.32. The van der Waals surface area contributed by atoms with E-state index in [9.17, 15) is 14.9 Å². The lowest BCUT2D eigenvalue weighted by Crippen LogP contribution is -2.32. The van der Waals surface area contributed by atoms with Crippen LogP contribution >= 0.6 is 0 Å². The summed E-state index contributed by atoms with van der Waals surface area (Å²) < 4.78 is 5.32. The van der Waals surface area contributed by atoms with Crippen LogP contribution in [0.5, 0.6) is 5.75 Å². The molecule has 18 heavy (non-hydrogen) atoms. The van der Waals surface area contributed by atoms with Gasteiger partial charge in [-0.1, -0.05) is 26.0 Å². The first-order valence-electron chi connectivity index (χ1n) is 5.48. The Morgan fingerprint density at radius 1 is 1.44 bits per heavy atom. The molecule has 1 aromatic rings. The smallest absolute Gasteiger partial charge is 0.345 e. The summed E-state index contributed by atoms with van der Waals surface area (Å²) in [4.78, 5) is 21.3. The minimum absolute atomic E-state index is 0.0172. The molecule has 1 N–H and O–H groups in total. The van der Waals surface area contributed by atoms with E-state index in [4.69, 9.17) is 9.84 Å². The Hall–Kier alpha value is -2.11. The van der Waals surface area contributed by atoms with Crippen LogP contribution in [0.2, 0.25) is 0 Å². The summed E-state index contributed by atoms with van der Waals surface area (Å²) >= 11 is 0. The molecular weight excluding hydrogens is 238 g/mol. The summed E-state index contributed by atoms with van der Waals surface area (Å²) in [5, 5.41) is 19.9. The monoisotopic (exact) mass is 253 g/mol. The van der Waals surface area contributed by atoms with Crippen LogP contribution in [0.1, 0.15) is 19.4 Å². The maximum atomic E-state index is 11.0. The van der Waals surface area contributed by atoms with Crippen molar-refractivity contribution in [2.45, 2.75) is 26.9 Å². The first kappa shape index (κ1) is 14.0. The first-order chi connectivity index (χ1) is 8.34. The van der Waals surface area contributed by atoms with Crippen molar-refractivity contribution in [3.63, 3.8) is 0 Å². The lowest BCUT2D eigenvalue weighted by atomic mass is 10.1. The minimum atomic E-state index is -1.14. The van der Waals surface area contributed by atoms with E-state index in [1.807, 2.05) is 0 Å². The van der Waals surface area contributed by atoms with Gasteiger partial charge in [0.2, 0.25) is 5.75 Å². The molecule has 0 spiro atoms. The fourth-order valence-corrected chi connectivity index (χ4v) is 1.53. The van der Waals surface area contributed by atoms with Crippen molar-refractivity contribution in [1.82, 2.24) is 0 Å². The van der Waals surface area contributed by atoms with Crippen molar-refractivity contribution in [2.75, 3.05) is 0 Å². The van der Waals surface area contributed by atoms with Gasteiger partial charge in [-0.05, 0) is 12.5 Å². The average Bonchev–Trinajstić information content (AvgIpc) is 2.25. The third-order valence-corrected chi connectivity index (χ3v) is 2.48. The summed E-state index contributed by atoms with van der Waals surface area (Å²) in [6.07, 6.45) is -1.11. The zero-order valence-corrected chi connectivity index (χ0v) is 10.4. The van der Waals surface area contributed by atoms with Gasteiger partial charge < -0.3 is 9.84 Å². The van der Waals surface area contributed by atoms with E-state index in [0.717, 1.165) is 0 Å². The molecule has 0 radical (unpaired) electrons. The van der Waals surface area contributed by atoms with Gasteiger partial charge >= 0.3 is 11.7 Å². The van der Waals surface area contributed by atoms with E-state index < -0.39 is 17.0 Å². The number of carboxylic acids is 1. The molecular formula is C12H15NO5. The fourth-order valence-electron chi connectivity index (χ4n) is 1.53. The molecule has 0 bridgehead atoms. The van der Waals surface area contributed by atoms with Crippen LogP contribution in [0.3, 0.4) is 0 Å². The molecule has 1 atom stereocenters. The molecule has 1 aromatic carbocycles. The van der Waals surface area contributed by atoms with Crippen molar-refractivity contribution in [3.05, 3.63) is 33.9 Å². The van der Waals surface area contributed by atoms with E-state index in [1.54, 1.807) is 26.8 Å². The van der Waals surface area contributed by atoms with E-state index in [2.05, 4.69) is 0 Å². The highest BCUT2D eigenvalue weighted by Gasteiger charge is 2.27. The largest absolute Gasteiger partial charge is 0.478 e. The zero-order valence-electron chi connectivity index (χ0n) is 10.4. The summed E-state index contributed by atoms with van der Waals surface area (Å²) in [6.45, 7) is 5.01. The van der Waals surface area contributed by atoms with Crippen molar-refractivity contribution >= 4 is 11.7 Å². The molecule has 0 aliphatic carbocycles. The number of ether oxygens (including phenoxy) is 1. The molecule has 1 unspecified atom stereocenters. The second-order valence-electron chi connectivity index (χ2n) is 4.30. The van der Waals surface area contributed by atoms with Gasteiger partial charge in [0.05, 0.1) is 4.92 Å². The SMILES string of the molecule is Cc1cccc([N+](=O)[O-])c1OC(C(=O)O)C(C)C. The predicted molar refractivity (Wildman–Crippen MR) is 64.7 cm³/mol. The summed E-state index contributed by atoms with van der Waals surface area (Å²) in [5.74, 6) is -1.41. The lowest BCUT2D eigenvalue weighted by molar-refractivity contribution is -0.386. The molecule has 0 saturated carbocycles. The second kappa shape index (κ2) is 5.48. The Labute approximate surface area is 104 Å². The number of nitrogens with zero attached hydrogens (tertiary/aromatic N) is 1.